The van der Waals surface area contributed by atoms with Crippen molar-refractivity contribution in [2.24, 2.45) is 5.92 Å². The molecular formula is C26H33N3O6. The van der Waals surface area contributed by atoms with Gasteiger partial charge in [0.1, 0.15) is 6.61 Å². The van der Waals surface area contributed by atoms with E-state index in [0.717, 1.165) is 28.7 Å². The number of hydrogen-bond acceptors (Lipinski definition) is 6. The number of hydrogen-bond donors (Lipinski definition) is 5. The van der Waals surface area contributed by atoms with Crippen LogP contribution >= 0.6 is 0 Å². The number of aliphatic hydroxyl groups is 2. The van der Waals surface area contributed by atoms with Crippen molar-refractivity contribution in [3.63, 3.8) is 0 Å². The average Bonchev–Trinajstić information content (AvgIpc) is 3.09. The first-order valence-corrected chi connectivity index (χ1v) is 11.8. The van der Waals surface area contributed by atoms with Gasteiger partial charge in [-0.05, 0) is 58.9 Å². The van der Waals surface area contributed by atoms with Crippen molar-refractivity contribution in [2.75, 3.05) is 37.0 Å². The number of fused-ring (bicyclic) bond motifs is 3. The molecule has 5 N–H and O–H groups in total. The summed E-state index contributed by atoms with van der Waals surface area (Å²) in [7, 11) is 0. The molecule has 3 amide bonds. The summed E-state index contributed by atoms with van der Waals surface area (Å²) in [5, 5.41) is 26.3. The zero-order valence-electron chi connectivity index (χ0n) is 20.1. The quantitative estimate of drug-likeness (QED) is 0.333. The molecule has 1 aliphatic rings. The minimum atomic E-state index is -0.500. The van der Waals surface area contributed by atoms with E-state index in [1.54, 1.807) is 12.1 Å². The van der Waals surface area contributed by atoms with Gasteiger partial charge in [0, 0.05) is 23.8 Å². The lowest BCUT2D eigenvalue weighted by Crippen LogP contribution is -2.27. The molecule has 188 valence electrons. The number of amides is 3. The number of ether oxygens (including phenoxy) is 1. The maximum atomic E-state index is 12.3. The fourth-order valence-electron chi connectivity index (χ4n) is 4.02. The minimum absolute atomic E-state index is 0.00268. The molecule has 3 rings (SSSR count). The van der Waals surface area contributed by atoms with Crippen LogP contribution < -0.4 is 16.0 Å². The first-order chi connectivity index (χ1) is 16.8. The molecule has 0 aromatic heterocycles. The monoisotopic (exact) mass is 483 g/mol. The number of alkyl carbamates (subject to hydrolysis) is 1. The summed E-state index contributed by atoms with van der Waals surface area (Å²) in [5.41, 5.74) is 4.83. The van der Waals surface area contributed by atoms with Gasteiger partial charge in [-0.25, -0.2) is 4.79 Å². The van der Waals surface area contributed by atoms with Gasteiger partial charge in [0.15, 0.2) is 0 Å². The van der Waals surface area contributed by atoms with E-state index in [9.17, 15) is 14.4 Å². The standard InChI is InChI=1S/C26H33N3O6/c1-16(2)7-10-27-26(34)35-15-23-21-13-17(28-24(32)8-11-30)3-5-19(21)20-6-4-18(14-22(20)23)29-25(33)9-12-31/h3-6,13-14,16,23,30-31H,7-12,15H2,1-2H3,(H,27,34)(H,28,32)(H,29,33). The summed E-state index contributed by atoms with van der Waals surface area (Å²) < 4.78 is 5.55. The van der Waals surface area contributed by atoms with Crippen molar-refractivity contribution in [3.8, 4) is 11.1 Å². The third-order valence-electron chi connectivity index (χ3n) is 5.76. The second kappa shape index (κ2) is 12.3. The van der Waals surface area contributed by atoms with Crippen LogP contribution in [0.3, 0.4) is 0 Å². The number of carbonyl (C=O) groups excluding carboxylic acids is 3. The van der Waals surface area contributed by atoms with Gasteiger partial charge < -0.3 is 30.9 Å². The van der Waals surface area contributed by atoms with Crippen molar-refractivity contribution in [1.82, 2.24) is 5.32 Å². The van der Waals surface area contributed by atoms with Gasteiger partial charge in [0.2, 0.25) is 11.8 Å². The van der Waals surface area contributed by atoms with Crippen LogP contribution in [0.15, 0.2) is 36.4 Å². The third kappa shape index (κ3) is 7.03. The molecule has 0 saturated carbocycles. The largest absolute Gasteiger partial charge is 0.449 e. The first-order valence-electron chi connectivity index (χ1n) is 11.8. The van der Waals surface area contributed by atoms with Crippen LogP contribution in [0.2, 0.25) is 0 Å². The highest BCUT2D eigenvalue weighted by atomic mass is 16.5. The second-order valence-electron chi connectivity index (χ2n) is 8.91. The summed E-state index contributed by atoms with van der Waals surface area (Å²) in [6, 6.07) is 11.1. The zero-order chi connectivity index (χ0) is 25.4. The van der Waals surface area contributed by atoms with Gasteiger partial charge in [0.25, 0.3) is 0 Å². The molecule has 0 heterocycles. The van der Waals surface area contributed by atoms with E-state index in [1.165, 1.54) is 0 Å². The Morgan fingerprint density at radius 3 is 1.86 bits per heavy atom. The van der Waals surface area contributed by atoms with Crippen LogP contribution in [0, 0.1) is 5.92 Å². The first kappa shape index (κ1) is 26.2. The molecule has 9 nitrogen and oxygen atoms in total. The highest BCUT2D eigenvalue weighted by Crippen LogP contribution is 2.46. The fraction of sp³-hybridized carbons (Fsp3) is 0.423. The summed E-state index contributed by atoms with van der Waals surface area (Å²) in [5.74, 6) is -0.439. The summed E-state index contributed by atoms with van der Waals surface area (Å²) in [6.45, 7) is 4.28. The molecule has 2 aromatic rings. The van der Waals surface area contributed by atoms with Crippen LogP contribution in [-0.4, -0.2) is 54.5 Å². The number of rotatable bonds is 11. The van der Waals surface area contributed by atoms with Gasteiger partial charge in [-0.3, -0.25) is 9.59 Å². The maximum absolute atomic E-state index is 12.3. The minimum Gasteiger partial charge on any atom is -0.449 e. The van der Waals surface area contributed by atoms with Gasteiger partial charge in [-0.1, -0.05) is 26.0 Å². The Morgan fingerprint density at radius 1 is 0.886 bits per heavy atom. The zero-order valence-corrected chi connectivity index (χ0v) is 20.1. The lowest BCUT2D eigenvalue weighted by Gasteiger charge is -2.16. The van der Waals surface area contributed by atoms with E-state index in [4.69, 9.17) is 14.9 Å². The number of benzene rings is 2. The number of aliphatic hydroxyl groups excluding tert-OH is 2. The Morgan fingerprint density at radius 2 is 1.40 bits per heavy atom. The van der Waals surface area contributed by atoms with Crippen LogP contribution in [0.25, 0.3) is 11.1 Å². The molecule has 9 heteroatoms. The highest BCUT2D eigenvalue weighted by Gasteiger charge is 2.30. The van der Waals surface area contributed by atoms with Crippen molar-refractivity contribution < 1.29 is 29.3 Å². The van der Waals surface area contributed by atoms with E-state index in [2.05, 4.69) is 29.8 Å². The number of nitrogens with one attached hydrogen (secondary N) is 3. The Kier molecular flexibility index (Phi) is 9.22. The van der Waals surface area contributed by atoms with Gasteiger partial charge >= 0.3 is 6.09 Å². The molecule has 0 atom stereocenters. The summed E-state index contributed by atoms with van der Waals surface area (Å²) in [6.07, 6.45) is 0.340. The van der Waals surface area contributed by atoms with Crippen molar-refractivity contribution >= 4 is 29.3 Å². The maximum Gasteiger partial charge on any atom is 0.407 e. The molecule has 0 aliphatic heterocycles. The van der Waals surface area contributed by atoms with Gasteiger partial charge in [0.05, 0.1) is 26.1 Å². The Balaban J connectivity index is 1.85. The fourth-order valence-corrected chi connectivity index (χ4v) is 4.02. The Hall–Kier alpha value is -3.43. The SMILES string of the molecule is CC(C)CCNC(=O)OCC1c2cc(NC(=O)CCO)ccc2-c2ccc(NC(=O)CCO)cc21. The predicted octanol–water partition coefficient (Wildman–Crippen LogP) is 3.21. The molecule has 0 bridgehead atoms. The van der Waals surface area contributed by atoms with Crippen molar-refractivity contribution in [1.29, 1.82) is 0 Å². The molecule has 1 aliphatic carbocycles. The molecule has 0 unspecified atom stereocenters. The van der Waals surface area contributed by atoms with Crippen LogP contribution in [-0.2, 0) is 14.3 Å². The Bertz CT molecular complexity index is 1000. The predicted molar refractivity (Wildman–Crippen MR) is 133 cm³/mol. The molecule has 0 radical (unpaired) electrons. The van der Waals surface area contributed by atoms with Crippen LogP contribution in [0.5, 0.6) is 0 Å². The molecule has 0 fully saturated rings. The second-order valence-corrected chi connectivity index (χ2v) is 8.91. The van der Waals surface area contributed by atoms with Gasteiger partial charge in [-0.2, -0.15) is 0 Å². The lowest BCUT2D eigenvalue weighted by molar-refractivity contribution is -0.117. The van der Waals surface area contributed by atoms with E-state index in [0.29, 0.717) is 23.8 Å². The van der Waals surface area contributed by atoms with Crippen LogP contribution in [0.1, 0.15) is 50.2 Å². The van der Waals surface area contributed by atoms with E-state index >= 15 is 0 Å². The third-order valence-corrected chi connectivity index (χ3v) is 5.76. The lowest BCUT2D eigenvalue weighted by atomic mass is 9.97. The molecule has 0 saturated heterocycles. The molecule has 0 spiro atoms. The molecule has 35 heavy (non-hydrogen) atoms. The van der Waals surface area contributed by atoms with Crippen molar-refractivity contribution in [3.05, 3.63) is 47.5 Å². The summed E-state index contributed by atoms with van der Waals surface area (Å²) >= 11 is 0. The van der Waals surface area contributed by atoms with Crippen LogP contribution in [0.4, 0.5) is 16.2 Å². The average molecular weight is 484 g/mol. The normalized spacial score (nSPS) is 12.1. The van der Waals surface area contributed by atoms with Gasteiger partial charge in [-0.15, -0.1) is 0 Å². The van der Waals surface area contributed by atoms with E-state index < -0.39 is 6.09 Å². The van der Waals surface area contributed by atoms with Crippen molar-refractivity contribution in [2.45, 2.75) is 39.0 Å². The Labute approximate surface area is 204 Å². The topological polar surface area (TPSA) is 137 Å². The van der Waals surface area contributed by atoms with E-state index in [-0.39, 0.29) is 50.4 Å². The number of anilines is 2. The smallest absolute Gasteiger partial charge is 0.407 e. The molecular weight excluding hydrogens is 450 g/mol. The summed E-state index contributed by atoms with van der Waals surface area (Å²) in [4.78, 5) is 36.2. The number of carbonyl (C=O) groups is 3. The highest BCUT2D eigenvalue weighted by molar-refractivity contribution is 5.93. The molecule has 2 aromatic carbocycles. The van der Waals surface area contributed by atoms with E-state index in [1.807, 2.05) is 24.3 Å².